The number of hydrogen-bond acceptors (Lipinski definition) is 4. The quantitative estimate of drug-likeness (QED) is 0.668. The van der Waals surface area contributed by atoms with Gasteiger partial charge in [0.1, 0.15) is 5.52 Å². The van der Waals surface area contributed by atoms with Crippen LogP contribution in [0.4, 0.5) is 0 Å². The number of nitrogens with one attached hydrogen (secondary N) is 1. The Labute approximate surface area is 175 Å². The Morgan fingerprint density at radius 1 is 1.14 bits per heavy atom. The number of oxazole rings is 1. The maximum absolute atomic E-state index is 13.1. The van der Waals surface area contributed by atoms with Crippen molar-refractivity contribution in [2.75, 3.05) is 7.05 Å². The van der Waals surface area contributed by atoms with Gasteiger partial charge in [0, 0.05) is 28.7 Å². The molecular weight excluding hydrogens is 386 g/mol. The van der Waals surface area contributed by atoms with E-state index in [4.69, 9.17) is 16.0 Å². The van der Waals surface area contributed by atoms with Gasteiger partial charge in [-0.15, -0.1) is 0 Å². The van der Waals surface area contributed by atoms with Crippen LogP contribution in [0.25, 0.3) is 22.6 Å². The summed E-state index contributed by atoms with van der Waals surface area (Å²) in [4.78, 5) is 20.2. The number of carbonyl (C=O) groups excluding carboxylic acids is 1. The van der Waals surface area contributed by atoms with Crippen LogP contribution in [-0.2, 0) is 0 Å². The first kappa shape index (κ1) is 18.6. The molecule has 1 N–H and O–H groups in total. The molecule has 1 aromatic heterocycles. The number of fused-ring (bicyclic) bond motifs is 3. The van der Waals surface area contributed by atoms with Crippen LogP contribution in [-0.4, -0.2) is 41.0 Å². The summed E-state index contributed by atoms with van der Waals surface area (Å²) in [5.74, 6) is 0.410. The summed E-state index contributed by atoms with van der Waals surface area (Å²) in [6.07, 6.45) is 5.77. The van der Waals surface area contributed by atoms with Crippen molar-refractivity contribution in [1.82, 2.24) is 15.2 Å². The number of halogens is 1. The Morgan fingerprint density at radius 3 is 2.59 bits per heavy atom. The Bertz CT molecular complexity index is 1030. The summed E-state index contributed by atoms with van der Waals surface area (Å²) in [6.45, 7) is 0. The van der Waals surface area contributed by atoms with E-state index in [-0.39, 0.29) is 11.9 Å². The molecule has 6 heteroatoms. The summed E-state index contributed by atoms with van der Waals surface area (Å²) in [6, 6.07) is 14.2. The number of para-hydroxylation sites is 1. The SMILES string of the molecule is CN1[C@@H]2CCC[C@@H]1CC(NC(=O)c1cccc3nc(-c4ccc(Cl)cc4)oc13)C2. The molecule has 150 valence electrons. The second-order valence-electron chi connectivity index (χ2n) is 8.23. The molecule has 0 aliphatic carbocycles. The molecule has 0 spiro atoms. The topological polar surface area (TPSA) is 58.4 Å². The molecule has 2 fully saturated rings. The molecule has 29 heavy (non-hydrogen) atoms. The van der Waals surface area contributed by atoms with E-state index in [1.165, 1.54) is 19.3 Å². The minimum Gasteiger partial charge on any atom is -0.435 e. The number of nitrogens with zero attached hydrogens (tertiary/aromatic N) is 2. The minimum atomic E-state index is -0.0815. The Hall–Kier alpha value is -2.37. The first-order valence-corrected chi connectivity index (χ1v) is 10.6. The number of rotatable bonds is 3. The third kappa shape index (κ3) is 3.53. The zero-order valence-corrected chi connectivity index (χ0v) is 17.2. The number of aromatic nitrogens is 1. The highest BCUT2D eigenvalue weighted by molar-refractivity contribution is 6.30. The standard InChI is InChI=1S/C23H24ClN3O2/c1-27-17-4-2-5-18(27)13-16(12-17)25-22(28)19-6-3-7-20-21(19)29-23(26-20)14-8-10-15(24)11-9-14/h3,6-11,16-18H,2,4-5,12-13H2,1H3,(H,25,28)/t17-,18-/m1/s1. The van der Waals surface area contributed by atoms with Crippen molar-refractivity contribution in [2.24, 2.45) is 0 Å². The molecule has 2 bridgehead atoms. The predicted molar refractivity (Wildman–Crippen MR) is 114 cm³/mol. The van der Waals surface area contributed by atoms with Crippen molar-refractivity contribution >= 4 is 28.6 Å². The molecule has 2 saturated heterocycles. The van der Waals surface area contributed by atoms with Gasteiger partial charge in [0.05, 0.1) is 5.56 Å². The fourth-order valence-electron chi connectivity index (χ4n) is 4.84. The van der Waals surface area contributed by atoms with E-state index < -0.39 is 0 Å². The van der Waals surface area contributed by atoms with E-state index >= 15 is 0 Å². The lowest BCUT2D eigenvalue weighted by Gasteiger charge is -2.47. The molecular formula is C23H24ClN3O2. The average Bonchev–Trinajstić information content (AvgIpc) is 3.13. The van der Waals surface area contributed by atoms with Crippen LogP contribution < -0.4 is 5.32 Å². The van der Waals surface area contributed by atoms with Gasteiger partial charge in [0.15, 0.2) is 5.58 Å². The Balaban J connectivity index is 1.39. The highest BCUT2D eigenvalue weighted by Crippen LogP contribution is 2.33. The molecule has 3 aromatic rings. The number of benzene rings is 2. The molecule has 0 saturated carbocycles. The van der Waals surface area contributed by atoms with Crippen LogP contribution in [0.5, 0.6) is 0 Å². The van der Waals surface area contributed by atoms with Crippen molar-refractivity contribution < 1.29 is 9.21 Å². The van der Waals surface area contributed by atoms with E-state index in [1.807, 2.05) is 30.3 Å². The summed E-state index contributed by atoms with van der Waals surface area (Å²) < 4.78 is 6.00. The smallest absolute Gasteiger partial charge is 0.255 e. The number of amides is 1. The van der Waals surface area contributed by atoms with Gasteiger partial charge in [-0.2, -0.15) is 0 Å². The Morgan fingerprint density at radius 2 is 1.86 bits per heavy atom. The molecule has 2 atom stereocenters. The zero-order valence-electron chi connectivity index (χ0n) is 16.4. The van der Waals surface area contributed by atoms with Gasteiger partial charge in [-0.1, -0.05) is 24.1 Å². The third-order valence-electron chi connectivity index (χ3n) is 6.43. The molecule has 2 aliphatic heterocycles. The van der Waals surface area contributed by atoms with Crippen molar-refractivity contribution in [2.45, 2.75) is 50.2 Å². The molecule has 5 nitrogen and oxygen atoms in total. The van der Waals surface area contributed by atoms with E-state index in [2.05, 4.69) is 22.2 Å². The normalized spacial score (nSPS) is 24.6. The van der Waals surface area contributed by atoms with Crippen molar-refractivity contribution in [3.8, 4) is 11.5 Å². The molecule has 5 rings (SSSR count). The molecule has 3 heterocycles. The number of carbonyl (C=O) groups is 1. The van der Waals surface area contributed by atoms with Crippen molar-refractivity contribution in [1.29, 1.82) is 0 Å². The van der Waals surface area contributed by atoms with Crippen LogP contribution >= 0.6 is 11.6 Å². The minimum absolute atomic E-state index is 0.0815. The number of hydrogen-bond donors (Lipinski definition) is 1. The molecule has 2 aromatic carbocycles. The van der Waals surface area contributed by atoms with Gasteiger partial charge in [-0.3, -0.25) is 4.79 Å². The maximum Gasteiger partial charge on any atom is 0.255 e. The number of piperidine rings is 2. The first-order valence-electron chi connectivity index (χ1n) is 10.3. The lowest BCUT2D eigenvalue weighted by atomic mass is 9.82. The van der Waals surface area contributed by atoms with Crippen molar-refractivity contribution in [3.05, 3.63) is 53.1 Å². The van der Waals surface area contributed by atoms with Crippen LogP contribution in [0.3, 0.4) is 0 Å². The van der Waals surface area contributed by atoms with Crippen LogP contribution in [0.1, 0.15) is 42.5 Å². The fourth-order valence-corrected chi connectivity index (χ4v) is 4.97. The highest BCUT2D eigenvalue weighted by Gasteiger charge is 2.36. The van der Waals surface area contributed by atoms with Gasteiger partial charge >= 0.3 is 0 Å². The molecule has 2 aliphatic rings. The zero-order chi connectivity index (χ0) is 20.0. The van der Waals surface area contributed by atoms with E-state index in [9.17, 15) is 4.79 Å². The monoisotopic (exact) mass is 409 g/mol. The van der Waals surface area contributed by atoms with E-state index in [0.717, 1.165) is 18.4 Å². The summed E-state index contributed by atoms with van der Waals surface area (Å²) in [5, 5.41) is 3.92. The average molecular weight is 410 g/mol. The summed E-state index contributed by atoms with van der Waals surface area (Å²) in [5.41, 5.74) is 2.59. The van der Waals surface area contributed by atoms with E-state index in [1.54, 1.807) is 12.1 Å². The highest BCUT2D eigenvalue weighted by atomic mass is 35.5. The lowest BCUT2D eigenvalue weighted by Crippen LogP contribution is -2.55. The summed E-state index contributed by atoms with van der Waals surface area (Å²) >= 11 is 5.97. The first-order chi connectivity index (χ1) is 14.1. The second-order valence-corrected chi connectivity index (χ2v) is 8.66. The van der Waals surface area contributed by atoms with Crippen LogP contribution in [0.2, 0.25) is 5.02 Å². The van der Waals surface area contributed by atoms with Gasteiger partial charge in [-0.25, -0.2) is 4.98 Å². The van der Waals surface area contributed by atoms with E-state index in [0.29, 0.717) is 39.7 Å². The fraction of sp³-hybridized carbons (Fsp3) is 0.391. The Kier molecular flexibility index (Phi) is 4.80. The molecule has 0 radical (unpaired) electrons. The third-order valence-corrected chi connectivity index (χ3v) is 6.68. The van der Waals surface area contributed by atoms with Crippen LogP contribution in [0, 0.1) is 0 Å². The predicted octanol–water partition coefficient (Wildman–Crippen LogP) is 4.89. The van der Waals surface area contributed by atoms with Gasteiger partial charge < -0.3 is 14.6 Å². The van der Waals surface area contributed by atoms with Gasteiger partial charge in [-0.05, 0) is 69.1 Å². The lowest BCUT2D eigenvalue weighted by molar-refractivity contribution is 0.0463. The largest absolute Gasteiger partial charge is 0.435 e. The van der Waals surface area contributed by atoms with Crippen LogP contribution in [0.15, 0.2) is 46.9 Å². The second kappa shape index (κ2) is 7.47. The maximum atomic E-state index is 13.1. The van der Waals surface area contributed by atoms with Gasteiger partial charge in [0.25, 0.3) is 5.91 Å². The summed E-state index contributed by atoms with van der Waals surface area (Å²) in [7, 11) is 2.22. The molecule has 0 unspecified atom stereocenters. The molecule has 1 amide bonds. The van der Waals surface area contributed by atoms with Gasteiger partial charge in [0.2, 0.25) is 5.89 Å². The van der Waals surface area contributed by atoms with Crippen molar-refractivity contribution in [3.63, 3.8) is 0 Å².